The van der Waals surface area contributed by atoms with Gasteiger partial charge in [-0.2, -0.15) is 0 Å². The Kier molecular flexibility index (Phi) is 19.0. The van der Waals surface area contributed by atoms with Crippen molar-refractivity contribution in [1.82, 2.24) is 0 Å². The fraction of sp³-hybridized carbons (Fsp3) is 0.950. The van der Waals surface area contributed by atoms with Crippen molar-refractivity contribution in [2.45, 2.75) is 116 Å². The molecule has 1 radical (unpaired) electrons. The first-order valence-corrected chi connectivity index (χ1v) is 9.99. The molecule has 0 saturated heterocycles. The van der Waals surface area contributed by atoms with Crippen LogP contribution in [0, 0.1) is 0 Å². The van der Waals surface area contributed by atoms with Crippen molar-refractivity contribution in [3.63, 3.8) is 0 Å². The van der Waals surface area contributed by atoms with Gasteiger partial charge < -0.3 is 9.47 Å². The van der Waals surface area contributed by atoms with E-state index in [1.165, 1.54) is 89.9 Å². The van der Waals surface area contributed by atoms with E-state index in [9.17, 15) is 4.79 Å². The average molecular weight is 328 g/mol. The van der Waals surface area contributed by atoms with Crippen LogP contribution in [0.15, 0.2) is 0 Å². The number of ether oxygens (including phenoxy) is 2. The highest BCUT2D eigenvalue weighted by atomic mass is 16.7. The van der Waals surface area contributed by atoms with Crippen LogP contribution in [0.25, 0.3) is 0 Å². The molecule has 0 fully saturated rings. The summed E-state index contributed by atoms with van der Waals surface area (Å²) in [5.41, 5.74) is 0. The maximum absolute atomic E-state index is 10.1. The molecule has 0 aromatic heterocycles. The Labute approximate surface area is 144 Å². The zero-order valence-electron chi connectivity index (χ0n) is 15.6. The van der Waals surface area contributed by atoms with Gasteiger partial charge in [-0.25, -0.2) is 4.79 Å². The van der Waals surface area contributed by atoms with Gasteiger partial charge in [-0.1, -0.05) is 97.3 Å². The number of rotatable bonds is 19. The lowest BCUT2D eigenvalue weighted by molar-refractivity contribution is -0.0914. The lowest BCUT2D eigenvalue weighted by Crippen LogP contribution is -2.15. The summed E-state index contributed by atoms with van der Waals surface area (Å²) < 4.78 is 10.1. The van der Waals surface area contributed by atoms with Crippen molar-refractivity contribution in [2.75, 3.05) is 6.61 Å². The van der Waals surface area contributed by atoms with E-state index in [0.717, 1.165) is 6.42 Å². The second-order valence-electron chi connectivity index (χ2n) is 6.51. The monoisotopic (exact) mass is 327 g/mol. The number of carbonyl (C=O) groups excluding carboxylic acids is 1. The summed E-state index contributed by atoms with van der Waals surface area (Å²) in [4.78, 5) is 10.1. The molecule has 0 spiro atoms. The SMILES string of the molecule is CCCCCCCCCCCCCCCCOC(CC)O[C]=O. The first-order chi connectivity index (χ1) is 11.3. The molecule has 3 nitrogen and oxygen atoms in total. The summed E-state index contributed by atoms with van der Waals surface area (Å²) >= 11 is 0. The summed E-state index contributed by atoms with van der Waals surface area (Å²) in [5.74, 6) is 0. The van der Waals surface area contributed by atoms with Crippen LogP contribution in [0.2, 0.25) is 0 Å². The van der Waals surface area contributed by atoms with Gasteiger partial charge in [-0.3, -0.25) is 0 Å². The van der Waals surface area contributed by atoms with E-state index < -0.39 is 6.29 Å². The van der Waals surface area contributed by atoms with Gasteiger partial charge in [0.15, 0.2) is 0 Å². The highest BCUT2D eigenvalue weighted by molar-refractivity contribution is 5.38. The molecule has 0 aromatic rings. The predicted octanol–water partition coefficient (Wildman–Crippen LogP) is 6.30. The van der Waals surface area contributed by atoms with Crippen LogP contribution in [0.1, 0.15) is 110 Å². The Morgan fingerprint density at radius 1 is 0.696 bits per heavy atom. The van der Waals surface area contributed by atoms with Crippen molar-refractivity contribution in [3.05, 3.63) is 0 Å². The molecule has 0 heterocycles. The predicted molar refractivity (Wildman–Crippen MR) is 97.1 cm³/mol. The van der Waals surface area contributed by atoms with Crippen LogP contribution in [-0.2, 0) is 14.3 Å². The van der Waals surface area contributed by atoms with Gasteiger partial charge in [-0.05, 0) is 6.42 Å². The van der Waals surface area contributed by atoms with E-state index in [2.05, 4.69) is 11.7 Å². The van der Waals surface area contributed by atoms with Crippen LogP contribution in [0.5, 0.6) is 0 Å². The molecule has 23 heavy (non-hydrogen) atoms. The standard InChI is InChI=1S/C20H39O3/c1-3-5-6-7-8-9-10-11-12-13-14-15-16-17-18-22-20(4-2)23-19-21/h20H,3-18H2,1-2H3. The lowest BCUT2D eigenvalue weighted by atomic mass is 10.0. The normalized spacial score (nSPS) is 12.3. The fourth-order valence-corrected chi connectivity index (χ4v) is 2.80. The van der Waals surface area contributed by atoms with E-state index >= 15 is 0 Å². The molecule has 0 bridgehead atoms. The zero-order valence-corrected chi connectivity index (χ0v) is 15.6. The first kappa shape index (κ1) is 22.4. The summed E-state index contributed by atoms with van der Waals surface area (Å²) in [6.07, 6.45) is 19.3. The zero-order chi connectivity index (χ0) is 17.0. The Morgan fingerprint density at radius 2 is 1.13 bits per heavy atom. The van der Waals surface area contributed by atoms with Crippen molar-refractivity contribution < 1.29 is 14.3 Å². The summed E-state index contributed by atoms with van der Waals surface area (Å²) in [6, 6.07) is 0. The van der Waals surface area contributed by atoms with E-state index in [1.807, 2.05) is 6.92 Å². The number of hydrogen-bond donors (Lipinski definition) is 0. The molecule has 0 aliphatic carbocycles. The van der Waals surface area contributed by atoms with Crippen LogP contribution in [0.3, 0.4) is 0 Å². The van der Waals surface area contributed by atoms with Crippen LogP contribution < -0.4 is 0 Å². The maximum Gasteiger partial charge on any atom is 0.419 e. The third kappa shape index (κ3) is 17.6. The Hall–Kier alpha value is -0.570. The molecule has 0 saturated carbocycles. The highest BCUT2D eigenvalue weighted by Crippen LogP contribution is 2.13. The van der Waals surface area contributed by atoms with Crippen molar-refractivity contribution in [3.8, 4) is 0 Å². The summed E-state index contributed by atoms with van der Waals surface area (Å²) in [7, 11) is 0. The molecule has 137 valence electrons. The minimum absolute atomic E-state index is 0.408. The van der Waals surface area contributed by atoms with E-state index in [0.29, 0.717) is 13.0 Å². The average Bonchev–Trinajstić information content (AvgIpc) is 2.57. The molecule has 0 aromatic carbocycles. The number of hydrogen-bond acceptors (Lipinski definition) is 3. The maximum atomic E-state index is 10.1. The fourth-order valence-electron chi connectivity index (χ4n) is 2.80. The second kappa shape index (κ2) is 19.5. The number of unbranched alkanes of at least 4 members (excludes halogenated alkanes) is 13. The van der Waals surface area contributed by atoms with Gasteiger partial charge >= 0.3 is 6.47 Å². The smallest absolute Gasteiger partial charge is 0.419 e. The van der Waals surface area contributed by atoms with Gasteiger partial charge in [0.2, 0.25) is 6.29 Å². The minimum Gasteiger partial charge on any atom is -0.427 e. The van der Waals surface area contributed by atoms with Gasteiger partial charge in [0.25, 0.3) is 0 Å². The molecular formula is C20H39O3. The minimum atomic E-state index is -0.408. The van der Waals surface area contributed by atoms with Gasteiger partial charge in [-0.15, -0.1) is 0 Å². The summed E-state index contributed by atoms with van der Waals surface area (Å²) in [6.45, 7) is 6.34. The van der Waals surface area contributed by atoms with Crippen LogP contribution >= 0.6 is 0 Å². The molecule has 0 aliphatic heterocycles. The van der Waals surface area contributed by atoms with Crippen molar-refractivity contribution >= 4 is 6.47 Å². The quantitative estimate of drug-likeness (QED) is 0.206. The van der Waals surface area contributed by atoms with E-state index in [-0.39, 0.29) is 0 Å². The van der Waals surface area contributed by atoms with E-state index in [1.54, 1.807) is 0 Å². The first-order valence-electron chi connectivity index (χ1n) is 9.99. The van der Waals surface area contributed by atoms with Gasteiger partial charge in [0.1, 0.15) is 0 Å². The molecular weight excluding hydrogens is 288 g/mol. The van der Waals surface area contributed by atoms with Crippen LogP contribution in [0.4, 0.5) is 0 Å². The third-order valence-electron chi connectivity index (χ3n) is 4.31. The van der Waals surface area contributed by atoms with Gasteiger partial charge in [0.05, 0.1) is 6.61 Å². The van der Waals surface area contributed by atoms with Crippen LogP contribution in [-0.4, -0.2) is 19.4 Å². The third-order valence-corrected chi connectivity index (χ3v) is 4.31. The van der Waals surface area contributed by atoms with Gasteiger partial charge in [0, 0.05) is 6.42 Å². The Bertz CT molecular complexity index is 231. The molecule has 0 aliphatic rings. The van der Waals surface area contributed by atoms with E-state index in [4.69, 9.17) is 4.74 Å². The molecule has 0 N–H and O–H groups in total. The molecule has 0 amide bonds. The molecule has 1 atom stereocenters. The Balaban J connectivity index is 3.09. The topological polar surface area (TPSA) is 35.5 Å². The molecule has 0 rings (SSSR count). The molecule has 3 heteroatoms. The molecule has 1 unspecified atom stereocenters. The lowest BCUT2D eigenvalue weighted by Gasteiger charge is -2.12. The van der Waals surface area contributed by atoms with Crippen molar-refractivity contribution in [2.24, 2.45) is 0 Å². The Morgan fingerprint density at radius 3 is 1.52 bits per heavy atom. The second-order valence-corrected chi connectivity index (χ2v) is 6.51. The highest BCUT2D eigenvalue weighted by Gasteiger charge is 2.05. The van der Waals surface area contributed by atoms with Crippen molar-refractivity contribution in [1.29, 1.82) is 0 Å². The largest absolute Gasteiger partial charge is 0.427 e. The summed E-state index contributed by atoms with van der Waals surface area (Å²) in [5, 5.41) is 0.